The molecule has 0 aliphatic carbocycles. The number of halogens is 2. The molecule has 1 fully saturated rings. The van der Waals surface area contributed by atoms with E-state index in [2.05, 4.69) is 4.90 Å². The zero-order chi connectivity index (χ0) is 17.3. The summed E-state index contributed by atoms with van der Waals surface area (Å²) in [5.74, 6) is 0. The molecule has 1 aromatic rings. The zero-order valence-electron chi connectivity index (χ0n) is 13.3. The van der Waals surface area contributed by atoms with Crippen molar-refractivity contribution < 1.29 is 13.5 Å². The summed E-state index contributed by atoms with van der Waals surface area (Å²) < 4.78 is 26.9. The minimum Gasteiger partial charge on any atom is -0.389 e. The number of piperazine rings is 1. The van der Waals surface area contributed by atoms with Crippen LogP contribution in [-0.2, 0) is 10.0 Å². The van der Waals surface area contributed by atoms with E-state index in [-0.39, 0.29) is 9.92 Å². The van der Waals surface area contributed by atoms with Gasteiger partial charge in [-0.3, -0.25) is 4.90 Å². The molecule has 2 rings (SSSR count). The molecule has 130 valence electrons. The molecular weight excluding hydrogens is 359 g/mol. The molecule has 1 aliphatic heterocycles. The van der Waals surface area contributed by atoms with Crippen molar-refractivity contribution in [3.05, 3.63) is 28.2 Å². The third-order valence-corrected chi connectivity index (χ3v) is 6.78. The van der Waals surface area contributed by atoms with Crippen molar-refractivity contribution in [3.63, 3.8) is 0 Å². The van der Waals surface area contributed by atoms with E-state index in [1.807, 2.05) is 6.92 Å². The van der Waals surface area contributed by atoms with Crippen molar-refractivity contribution in [3.8, 4) is 0 Å². The third-order valence-electron chi connectivity index (χ3n) is 4.17. The maximum absolute atomic E-state index is 12.7. The molecule has 0 saturated carbocycles. The van der Waals surface area contributed by atoms with Crippen LogP contribution < -0.4 is 0 Å². The Morgan fingerprint density at radius 1 is 1.22 bits per heavy atom. The standard InChI is InChI=1S/C15H22Cl2N2O3S/c1-3-15(2,20)11-18-6-8-19(9-7-18)23(21,22)14-10-12(16)4-5-13(14)17/h4-5,10,20H,3,6-9,11H2,1-2H3. The number of hydrogen-bond donors (Lipinski definition) is 1. The molecule has 23 heavy (non-hydrogen) atoms. The van der Waals surface area contributed by atoms with E-state index in [0.717, 1.165) is 0 Å². The van der Waals surface area contributed by atoms with Crippen molar-refractivity contribution >= 4 is 33.2 Å². The molecule has 0 amide bonds. The highest BCUT2D eigenvalue weighted by atomic mass is 35.5. The van der Waals surface area contributed by atoms with E-state index in [9.17, 15) is 13.5 Å². The first-order valence-electron chi connectivity index (χ1n) is 7.55. The second kappa shape index (κ2) is 7.25. The molecule has 1 N–H and O–H groups in total. The van der Waals surface area contributed by atoms with Crippen LogP contribution in [0.5, 0.6) is 0 Å². The summed E-state index contributed by atoms with van der Waals surface area (Å²) >= 11 is 11.9. The highest BCUT2D eigenvalue weighted by Gasteiger charge is 2.32. The third kappa shape index (κ3) is 4.59. The number of nitrogens with zero attached hydrogens (tertiary/aromatic N) is 2. The maximum Gasteiger partial charge on any atom is 0.244 e. The Morgan fingerprint density at radius 2 is 1.83 bits per heavy atom. The van der Waals surface area contributed by atoms with Crippen molar-refractivity contribution in [2.75, 3.05) is 32.7 Å². The van der Waals surface area contributed by atoms with Crippen molar-refractivity contribution in [1.29, 1.82) is 0 Å². The summed E-state index contributed by atoms with van der Waals surface area (Å²) in [7, 11) is -3.66. The van der Waals surface area contributed by atoms with Gasteiger partial charge in [-0.25, -0.2) is 8.42 Å². The molecule has 0 aromatic heterocycles. The van der Waals surface area contributed by atoms with E-state index in [0.29, 0.717) is 44.2 Å². The van der Waals surface area contributed by atoms with Crippen LogP contribution in [0.4, 0.5) is 0 Å². The van der Waals surface area contributed by atoms with E-state index in [1.54, 1.807) is 13.0 Å². The van der Waals surface area contributed by atoms with E-state index in [4.69, 9.17) is 23.2 Å². The largest absolute Gasteiger partial charge is 0.389 e. The average molecular weight is 381 g/mol. The molecular formula is C15H22Cl2N2O3S. The Hall–Kier alpha value is -0.370. The highest BCUT2D eigenvalue weighted by molar-refractivity contribution is 7.89. The summed E-state index contributed by atoms with van der Waals surface area (Å²) in [5, 5.41) is 10.7. The summed E-state index contributed by atoms with van der Waals surface area (Å²) in [6.07, 6.45) is 0.656. The van der Waals surface area contributed by atoms with Crippen LogP contribution in [0.25, 0.3) is 0 Å². The summed E-state index contributed by atoms with van der Waals surface area (Å²) in [5.41, 5.74) is -0.753. The Labute approximate surface area is 147 Å². The number of β-amino-alcohol motifs (C(OH)–C–C–N with tert-alkyl or cyclic N) is 1. The van der Waals surface area contributed by atoms with E-state index in [1.165, 1.54) is 16.4 Å². The fourth-order valence-electron chi connectivity index (χ4n) is 2.54. The maximum atomic E-state index is 12.7. The van der Waals surface area contributed by atoms with Crippen LogP contribution in [-0.4, -0.2) is 61.1 Å². The minimum absolute atomic E-state index is 0.0423. The lowest BCUT2D eigenvalue weighted by molar-refractivity contribution is 0.00819. The molecule has 8 heteroatoms. The zero-order valence-corrected chi connectivity index (χ0v) is 15.6. The number of rotatable bonds is 5. The lowest BCUT2D eigenvalue weighted by atomic mass is 10.0. The van der Waals surface area contributed by atoms with Crippen LogP contribution in [0.15, 0.2) is 23.1 Å². The fraction of sp³-hybridized carbons (Fsp3) is 0.600. The monoisotopic (exact) mass is 380 g/mol. The van der Waals surface area contributed by atoms with Crippen LogP contribution in [0.2, 0.25) is 10.0 Å². The molecule has 1 aromatic carbocycles. The van der Waals surface area contributed by atoms with E-state index < -0.39 is 15.6 Å². The van der Waals surface area contributed by atoms with Crippen LogP contribution >= 0.6 is 23.2 Å². The van der Waals surface area contributed by atoms with Gasteiger partial charge in [0, 0.05) is 37.7 Å². The van der Waals surface area contributed by atoms with Gasteiger partial charge in [0.2, 0.25) is 10.0 Å². The Morgan fingerprint density at radius 3 is 2.39 bits per heavy atom. The predicted octanol–water partition coefficient (Wildman–Crippen LogP) is 2.46. The van der Waals surface area contributed by atoms with Crippen LogP contribution in [0.3, 0.4) is 0 Å². The Kier molecular flexibility index (Phi) is 5.98. The van der Waals surface area contributed by atoms with Crippen molar-refractivity contribution in [2.45, 2.75) is 30.8 Å². The van der Waals surface area contributed by atoms with Gasteiger partial charge in [-0.2, -0.15) is 4.31 Å². The summed E-state index contributed by atoms with van der Waals surface area (Å²) in [4.78, 5) is 2.12. The second-order valence-electron chi connectivity index (χ2n) is 6.11. The van der Waals surface area contributed by atoms with Gasteiger partial charge >= 0.3 is 0 Å². The predicted molar refractivity (Wildman–Crippen MR) is 92.6 cm³/mol. The highest BCUT2D eigenvalue weighted by Crippen LogP contribution is 2.28. The SMILES string of the molecule is CCC(C)(O)CN1CCN(S(=O)(=O)c2cc(Cl)ccc2Cl)CC1. The van der Waals surface area contributed by atoms with Gasteiger partial charge in [0.15, 0.2) is 0 Å². The first-order chi connectivity index (χ1) is 10.7. The Balaban J connectivity index is 2.08. The minimum atomic E-state index is -3.66. The quantitative estimate of drug-likeness (QED) is 0.851. The second-order valence-corrected chi connectivity index (χ2v) is 8.86. The molecule has 0 radical (unpaired) electrons. The van der Waals surface area contributed by atoms with Gasteiger partial charge < -0.3 is 5.11 Å². The number of sulfonamides is 1. The summed E-state index contributed by atoms with van der Waals surface area (Å²) in [6.45, 7) is 6.15. The molecule has 1 heterocycles. The molecule has 1 atom stereocenters. The first-order valence-corrected chi connectivity index (χ1v) is 9.75. The summed E-state index contributed by atoms with van der Waals surface area (Å²) in [6, 6.07) is 4.44. The van der Waals surface area contributed by atoms with Gasteiger partial charge in [-0.05, 0) is 31.5 Å². The topological polar surface area (TPSA) is 60.9 Å². The first kappa shape index (κ1) is 19.0. The lowest BCUT2D eigenvalue weighted by Gasteiger charge is -2.37. The number of hydrogen-bond acceptors (Lipinski definition) is 4. The average Bonchev–Trinajstić information content (AvgIpc) is 2.50. The van der Waals surface area contributed by atoms with Crippen molar-refractivity contribution in [2.24, 2.45) is 0 Å². The van der Waals surface area contributed by atoms with Crippen molar-refractivity contribution in [1.82, 2.24) is 9.21 Å². The molecule has 1 saturated heterocycles. The number of benzene rings is 1. The smallest absolute Gasteiger partial charge is 0.244 e. The lowest BCUT2D eigenvalue weighted by Crippen LogP contribution is -2.52. The molecule has 0 bridgehead atoms. The van der Waals surface area contributed by atoms with E-state index >= 15 is 0 Å². The van der Waals surface area contributed by atoms with Gasteiger partial charge in [-0.1, -0.05) is 30.1 Å². The number of aliphatic hydroxyl groups is 1. The van der Waals surface area contributed by atoms with Crippen LogP contribution in [0, 0.1) is 0 Å². The van der Waals surface area contributed by atoms with Gasteiger partial charge in [0.05, 0.1) is 10.6 Å². The van der Waals surface area contributed by atoms with Gasteiger partial charge in [0.1, 0.15) is 4.90 Å². The fourth-order valence-corrected chi connectivity index (χ4v) is 4.69. The van der Waals surface area contributed by atoms with Gasteiger partial charge in [0.25, 0.3) is 0 Å². The molecule has 5 nitrogen and oxygen atoms in total. The molecule has 0 spiro atoms. The Bertz CT molecular complexity index is 657. The van der Waals surface area contributed by atoms with Crippen LogP contribution in [0.1, 0.15) is 20.3 Å². The normalized spacial score (nSPS) is 20.4. The molecule has 1 unspecified atom stereocenters. The molecule has 1 aliphatic rings. The van der Waals surface area contributed by atoms with Gasteiger partial charge in [-0.15, -0.1) is 0 Å².